The van der Waals surface area contributed by atoms with Crippen LogP contribution in [0.3, 0.4) is 0 Å². The van der Waals surface area contributed by atoms with Crippen LogP contribution < -0.4 is 35.3 Å². The van der Waals surface area contributed by atoms with E-state index < -0.39 is 54.4 Å². The van der Waals surface area contributed by atoms with Crippen molar-refractivity contribution in [2.45, 2.75) is 120 Å². The van der Waals surface area contributed by atoms with Crippen molar-refractivity contribution >= 4 is 206 Å². The van der Waals surface area contributed by atoms with Crippen LogP contribution in [0.1, 0.15) is 94.4 Å². The summed E-state index contributed by atoms with van der Waals surface area (Å²) in [5, 5.41) is 5.13. The summed E-state index contributed by atoms with van der Waals surface area (Å²) in [4.78, 5) is 148. The summed E-state index contributed by atoms with van der Waals surface area (Å²) >= 11 is 39.0. The van der Waals surface area contributed by atoms with Crippen LogP contribution in [-0.4, -0.2) is 218 Å². The molecule has 134 heavy (non-hydrogen) atoms. The number of nitrogens with one attached hydrogen (secondary N) is 2. The first-order valence-corrected chi connectivity index (χ1v) is 49.9. The van der Waals surface area contributed by atoms with E-state index in [9.17, 15) is 51.3 Å². The fourth-order valence-electron chi connectivity index (χ4n) is 18.7. The standard InChI is InChI=1S/C34H34BrClN4O6S2.C32H31Cl2N5O3S.C32H30Cl2N4O3S.Na/c1-22-3-10-27(11-4-22)47-34(33(43)38-15-13-37(14-16-38)23(2)41)18-31(42)40(19-24-5-7-25(35)8-6-24)32(34)29-20-39(21-48(44,45)46)30-17-26(36)9-12-28(29)30;1-20-2-9-24(10-3-20)43-32(30(41)37-12-14-38(15-13-37)31(35)42)17-28(40)39(19-21-4-6-22(33)7-5-21)29(32)26-18-36-27-16-23(34)8-11-25(26)27;1-21-2-9-25(10-3-21)42-32(31(41)37-14-12-36(20-39)13-15-37)17-29(40)38(19-22-4-6-23(33)7-5-22)30(32)27-18-35-28-16-24(34)8-11-26(27)28;/h3-12,17,20,32H,13-16,18-19,21H2,1-2H3,(H,44,45,46);2-11,16,18,29,36H,12-15,17,19H2,1H3,(H2,35,42);2-11,16,18,20,30,35H,12-15,17,19H2,1H3;/q;;;+1/p-1/t32-,34-;29-,32-;30-,32-;/m000./s1. The van der Waals surface area contributed by atoms with E-state index in [2.05, 4.69) is 25.9 Å². The van der Waals surface area contributed by atoms with Crippen molar-refractivity contribution in [3.8, 4) is 0 Å². The van der Waals surface area contributed by atoms with Gasteiger partial charge in [-0.2, -0.15) is 0 Å². The molecule has 25 nitrogen and oxygen atoms in total. The molecule has 690 valence electrons. The van der Waals surface area contributed by atoms with Crippen LogP contribution in [0.15, 0.2) is 238 Å². The molecular formula is C98H94BrCl5N13NaO12S4. The molecule has 36 heteroatoms. The normalized spacial score (nSPS) is 20.4. The molecule has 0 spiro atoms. The molecule has 6 saturated heterocycles. The summed E-state index contributed by atoms with van der Waals surface area (Å²) in [6.45, 7) is 12.7. The van der Waals surface area contributed by atoms with Crippen LogP contribution in [0.25, 0.3) is 32.7 Å². The number of carbonyl (C=O) groups excluding carboxylic acids is 9. The van der Waals surface area contributed by atoms with Gasteiger partial charge in [-0.25, -0.2) is 13.2 Å². The summed E-state index contributed by atoms with van der Waals surface area (Å²) in [6.07, 6.45) is 6.11. The van der Waals surface area contributed by atoms with E-state index in [0.717, 1.165) is 91.9 Å². The van der Waals surface area contributed by atoms with E-state index in [4.69, 9.17) is 63.7 Å². The summed E-state index contributed by atoms with van der Waals surface area (Å²) in [7, 11) is -4.72. The number of primary amides is 1. The first-order chi connectivity index (χ1) is 63.6. The van der Waals surface area contributed by atoms with Crippen molar-refractivity contribution in [1.29, 1.82) is 0 Å². The largest absolute Gasteiger partial charge is 1.00 e. The zero-order valence-electron chi connectivity index (χ0n) is 73.9. The molecule has 12 aromatic rings. The molecular weight excluding hydrogens is 1960 g/mol. The zero-order valence-corrected chi connectivity index (χ0v) is 84.5. The van der Waals surface area contributed by atoms with Gasteiger partial charge in [0.2, 0.25) is 47.8 Å². The summed E-state index contributed by atoms with van der Waals surface area (Å²) in [5.74, 6) is -1.87. The number of benzene rings is 9. The van der Waals surface area contributed by atoms with Gasteiger partial charge in [0.25, 0.3) is 0 Å². The minimum Gasteiger partial charge on any atom is -0.747 e. The fourth-order valence-corrected chi connectivity index (χ4v) is 24.7. The van der Waals surface area contributed by atoms with Crippen molar-refractivity contribution < 1.29 is 85.7 Å². The third kappa shape index (κ3) is 21.4. The summed E-state index contributed by atoms with van der Waals surface area (Å²) in [5.41, 5.74) is 15.7. The maximum absolute atomic E-state index is 15.1. The van der Waals surface area contributed by atoms with Crippen LogP contribution in [0, 0.1) is 20.8 Å². The molecule has 3 aromatic heterocycles. The van der Waals surface area contributed by atoms with Gasteiger partial charge in [0.15, 0.2) is 0 Å². The number of rotatable bonds is 21. The molecule has 6 aliphatic heterocycles. The van der Waals surface area contributed by atoms with Gasteiger partial charge >= 0.3 is 35.6 Å². The van der Waals surface area contributed by atoms with Gasteiger partial charge in [-0.1, -0.05) is 182 Å². The predicted octanol–water partition coefficient (Wildman–Crippen LogP) is 14.7. The van der Waals surface area contributed by atoms with E-state index in [1.807, 2.05) is 218 Å². The Morgan fingerprint density at radius 2 is 0.769 bits per heavy atom. The van der Waals surface area contributed by atoms with Crippen LogP contribution >= 0.6 is 109 Å². The Morgan fingerprint density at radius 3 is 1.12 bits per heavy atom. The van der Waals surface area contributed by atoms with Crippen LogP contribution in [0.5, 0.6) is 0 Å². The van der Waals surface area contributed by atoms with E-state index in [0.29, 0.717) is 133 Å². The first kappa shape index (κ1) is 99.0. The van der Waals surface area contributed by atoms with Crippen molar-refractivity contribution in [2.75, 3.05) is 78.5 Å². The topological polar surface area (TPSA) is 303 Å². The SMILES string of the molecule is CC(=O)N1CCN(C(=O)[C@]2(Sc3ccc(C)cc3)CC(=O)N(Cc3ccc(Br)cc3)[C@H]2c2cn(CS(=O)(=O)[O-])c3cc(Cl)ccc23)CC1.Cc1ccc(S[C@@]2(C(=O)N3CCN(C(N)=O)CC3)CC(=O)N(Cc3ccc(Cl)cc3)[C@H]2c2c[nH]c3cc(Cl)ccc23)cc1.Cc1ccc(S[C@@]2(C(=O)N3CCN(C=O)CC3)CC(=O)N(Cc3ccc(Cl)cc3)[C@H]2c2c[nH]c3cc(Cl)ccc23)cc1.[Na+]. The smallest absolute Gasteiger partial charge is 0.747 e. The van der Waals surface area contributed by atoms with Gasteiger partial charge in [0.05, 0.1) is 42.9 Å². The van der Waals surface area contributed by atoms with Crippen LogP contribution in [-0.2, 0) is 74.0 Å². The van der Waals surface area contributed by atoms with E-state index in [-0.39, 0.29) is 96.7 Å². The van der Waals surface area contributed by atoms with Crippen molar-refractivity contribution in [1.82, 2.24) is 58.6 Å². The Bertz CT molecular complexity index is 6570. The number of fused-ring (bicyclic) bond motifs is 3. The van der Waals surface area contributed by atoms with Gasteiger partial charge in [-0.05, 0) is 147 Å². The number of H-pyrrole nitrogens is 2. The maximum Gasteiger partial charge on any atom is 1.00 e. The second-order valence-corrected chi connectivity index (χ2v) is 42.9. The van der Waals surface area contributed by atoms with Crippen LogP contribution in [0.2, 0.25) is 25.1 Å². The van der Waals surface area contributed by atoms with Gasteiger partial charge in [-0.15, -0.1) is 35.3 Å². The van der Waals surface area contributed by atoms with Gasteiger partial charge in [-0.3, -0.25) is 38.4 Å². The van der Waals surface area contributed by atoms with E-state index >= 15 is 4.79 Å². The number of thioether (sulfide) groups is 3. The van der Waals surface area contributed by atoms with Gasteiger partial charge in [0, 0.05) is 212 Å². The number of aryl methyl sites for hydroxylation is 3. The molecule has 0 radical (unpaired) electrons. The fraction of sp³-hybridized carbons (Fsp3) is 0.296. The molecule has 9 aromatic carbocycles. The number of nitrogens with two attached hydrogens (primary N) is 1. The molecule has 6 atom stereocenters. The first-order valence-electron chi connectivity index (χ1n) is 43.2. The van der Waals surface area contributed by atoms with Gasteiger partial charge in [0.1, 0.15) is 30.2 Å². The number of halogens is 6. The number of hydrogen-bond donors (Lipinski definition) is 3. The Hall–Kier alpha value is -9.48. The zero-order chi connectivity index (χ0) is 94.1. The number of hydrogen-bond acceptors (Lipinski definition) is 15. The predicted molar refractivity (Wildman–Crippen MR) is 524 cm³/mol. The Balaban J connectivity index is 0.000000153. The summed E-state index contributed by atoms with van der Waals surface area (Å²) < 4.78 is 34.6. The third-order valence-electron chi connectivity index (χ3n) is 25.4. The average Bonchev–Trinajstić information content (AvgIpc) is 1.57. The monoisotopic (exact) mass is 2050 g/mol. The molecule has 18 rings (SSSR count). The molecule has 0 bridgehead atoms. The second kappa shape index (κ2) is 41.8. The molecule has 0 unspecified atom stereocenters. The van der Waals surface area contributed by atoms with Crippen molar-refractivity contribution in [3.63, 3.8) is 0 Å². The molecule has 9 heterocycles. The third-order valence-corrected chi connectivity index (χ3v) is 31.9. The number of aromatic nitrogens is 3. The maximum atomic E-state index is 15.1. The molecule has 0 saturated carbocycles. The van der Waals surface area contributed by atoms with Gasteiger partial charge < -0.3 is 68.9 Å². The average molecular weight is 2050 g/mol. The number of nitrogens with zero attached hydrogens (tertiary/aromatic N) is 10. The van der Waals surface area contributed by atoms with Crippen molar-refractivity contribution in [2.24, 2.45) is 5.73 Å². The van der Waals surface area contributed by atoms with E-state index in [1.54, 1.807) is 61.0 Å². The Morgan fingerprint density at radius 1 is 0.448 bits per heavy atom. The number of urea groups is 1. The van der Waals surface area contributed by atoms with Crippen molar-refractivity contribution in [3.05, 3.63) is 298 Å². The Kier molecular flexibility index (Phi) is 30.9. The summed E-state index contributed by atoms with van der Waals surface area (Å²) in [6, 6.07) is 59.9. The Labute approximate surface area is 844 Å². The quantitative estimate of drug-likeness (QED) is 0.0342. The minimum absolute atomic E-state index is 0. The number of amides is 10. The number of piperazine rings is 3. The molecule has 6 fully saturated rings. The van der Waals surface area contributed by atoms with Crippen LogP contribution in [0.4, 0.5) is 4.79 Å². The van der Waals surface area contributed by atoms with E-state index in [1.165, 1.54) is 51.7 Å². The molecule has 0 aliphatic carbocycles. The number of carbonyl (C=O) groups is 9. The number of likely N-dealkylation sites (tertiary alicyclic amines) is 3. The molecule has 6 aliphatic rings. The minimum atomic E-state index is -4.72. The molecule has 10 amide bonds. The second-order valence-electron chi connectivity index (χ2n) is 34.2. The molecule has 4 N–H and O–H groups in total. The number of aromatic amines is 2.